The third-order valence-electron chi connectivity index (χ3n) is 3.52. The van der Waals surface area contributed by atoms with Gasteiger partial charge in [0.15, 0.2) is 0 Å². The normalized spacial score (nSPS) is 31.1. The van der Waals surface area contributed by atoms with Crippen LogP contribution in [-0.4, -0.2) is 56.6 Å². The number of ether oxygens (including phenoxy) is 2. The molecule has 2 aliphatic heterocycles. The lowest BCUT2D eigenvalue weighted by Gasteiger charge is -2.30. The Morgan fingerprint density at radius 2 is 2.25 bits per heavy atom. The molecule has 94 valence electrons. The molecule has 0 aromatic carbocycles. The van der Waals surface area contributed by atoms with Gasteiger partial charge < -0.3 is 14.8 Å². The summed E-state index contributed by atoms with van der Waals surface area (Å²) in [6.45, 7) is 8.08. The Labute approximate surface area is 98.3 Å². The molecule has 0 aliphatic carbocycles. The Morgan fingerprint density at radius 3 is 2.88 bits per heavy atom. The predicted molar refractivity (Wildman–Crippen MR) is 63.4 cm³/mol. The quantitative estimate of drug-likeness (QED) is 0.755. The van der Waals surface area contributed by atoms with E-state index in [1.54, 1.807) is 0 Å². The lowest BCUT2D eigenvalue weighted by molar-refractivity contribution is -0.144. The number of hydrogen-bond donors (Lipinski definition) is 1. The molecule has 0 radical (unpaired) electrons. The lowest BCUT2D eigenvalue weighted by Crippen LogP contribution is -2.43. The topological polar surface area (TPSA) is 33.7 Å². The lowest BCUT2D eigenvalue weighted by atomic mass is 10.2. The highest BCUT2D eigenvalue weighted by Crippen LogP contribution is 2.11. The monoisotopic (exact) mass is 228 g/mol. The van der Waals surface area contributed by atoms with Gasteiger partial charge in [-0.05, 0) is 32.4 Å². The van der Waals surface area contributed by atoms with Crippen LogP contribution in [0, 0.1) is 0 Å². The first-order chi connectivity index (χ1) is 7.88. The molecule has 2 unspecified atom stereocenters. The van der Waals surface area contributed by atoms with Crippen LogP contribution in [0.4, 0.5) is 0 Å². The molecule has 1 N–H and O–H groups in total. The van der Waals surface area contributed by atoms with Crippen molar-refractivity contribution in [3.63, 3.8) is 0 Å². The third-order valence-corrected chi connectivity index (χ3v) is 3.52. The van der Waals surface area contributed by atoms with Crippen LogP contribution in [0.15, 0.2) is 0 Å². The van der Waals surface area contributed by atoms with Crippen molar-refractivity contribution in [3.05, 3.63) is 0 Å². The van der Waals surface area contributed by atoms with Gasteiger partial charge in [0, 0.05) is 19.1 Å². The van der Waals surface area contributed by atoms with Crippen molar-refractivity contribution in [2.75, 3.05) is 39.6 Å². The van der Waals surface area contributed by atoms with Crippen LogP contribution in [0.25, 0.3) is 0 Å². The summed E-state index contributed by atoms with van der Waals surface area (Å²) < 4.78 is 10.8. The second kappa shape index (κ2) is 6.55. The minimum Gasteiger partial charge on any atom is -0.355 e. The first-order valence-corrected chi connectivity index (χ1v) is 6.53. The highest BCUT2D eigenvalue weighted by molar-refractivity contribution is 4.79. The molecule has 0 saturated carbocycles. The maximum Gasteiger partial charge on any atom is 0.147 e. The van der Waals surface area contributed by atoms with Crippen LogP contribution in [0.3, 0.4) is 0 Å². The van der Waals surface area contributed by atoms with Crippen molar-refractivity contribution in [1.82, 2.24) is 10.2 Å². The van der Waals surface area contributed by atoms with Gasteiger partial charge in [0.25, 0.3) is 0 Å². The summed E-state index contributed by atoms with van der Waals surface area (Å²) in [4.78, 5) is 2.50. The largest absolute Gasteiger partial charge is 0.355 e. The number of nitrogens with one attached hydrogen (secondary N) is 1. The van der Waals surface area contributed by atoms with Crippen LogP contribution in [0.5, 0.6) is 0 Å². The summed E-state index contributed by atoms with van der Waals surface area (Å²) in [5.41, 5.74) is 0. The van der Waals surface area contributed by atoms with E-state index < -0.39 is 0 Å². The van der Waals surface area contributed by atoms with Gasteiger partial charge in [0.2, 0.25) is 0 Å². The van der Waals surface area contributed by atoms with Gasteiger partial charge in [-0.15, -0.1) is 0 Å². The van der Waals surface area contributed by atoms with Crippen molar-refractivity contribution in [2.24, 2.45) is 0 Å². The summed E-state index contributed by atoms with van der Waals surface area (Å²) in [6.07, 6.45) is 4.06. The van der Waals surface area contributed by atoms with Crippen LogP contribution < -0.4 is 5.32 Å². The standard InChI is InChI=1S/C12H24N2O2/c1-2-14(8-11-4-3-6-13-11)9-12-5-7-15-10-16-12/h11-13H,2-10H2,1H3. The van der Waals surface area contributed by atoms with E-state index in [2.05, 4.69) is 17.1 Å². The average Bonchev–Trinajstić information content (AvgIpc) is 2.82. The van der Waals surface area contributed by atoms with Gasteiger partial charge in [-0.2, -0.15) is 0 Å². The number of nitrogens with zero attached hydrogens (tertiary/aromatic N) is 1. The SMILES string of the molecule is CCN(CC1CCCN1)CC1CCOCO1. The molecule has 2 saturated heterocycles. The van der Waals surface area contributed by atoms with Crippen molar-refractivity contribution < 1.29 is 9.47 Å². The molecule has 16 heavy (non-hydrogen) atoms. The van der Waals surface area contributed by atoms with Crippen molar-refractivity contribution in [2.45, 2.75) is 38.3 Å². The molecule has 2 atom stereocenters. The first-order valence-electron chi connectivity index (χ1n) is 6.53. The summed E-state index contributed by atoms with van der Waals surface area (Å²) in [5, 5.41) is 3.55. The van der Waals surface area contributed by atoms with E-state index in [0.29, 0.717) is 18.9 Å². The van der Waals surface area contributed by atoms with Gasteiger partial charge in [0.05, 0.1) is 12.7 Å². The van der Waals surface area contributed by atoms with E-state index in [1.165, 1.54) is 19.4 Å². The Morgan fingerprint density at radius 1 is 1.31 bits per heavy atom. The molecule has 4 nitrogen and oxygen atoms in total. The molecular weight excluding hydrogens is 204 g/mol. The van der Waals surface area contributed by atoms with E-state index in [4.69, 9.17) is 9.47 Å². The zero-order valence-electron chi connectivity index (χ0n) is 10.3. The zero-order chi connectivity index (χ0) is 11.2. The second-order valence-corrected chi connectivity index (χ2v) is 4.75. The Hall–Kier alpha value is -0.160. The fraction of sp³-hybridized carbons (Fsp3) is 1.00. The van der Waals surface area contributed by atoms with Crippen LogP contribution in [0.1, 0.15) is 26.2 Å². The molecule has 2 heterocycles. The Bertz CT molecular complexity index is 189. The maximum atomic E-state index is 5.59. The Kier molecular flexibility index (Phi) is 5.03. The first kappa shape index (κ1) is 12.3. The predicted octanol–water partition coefficient (Wildman–Crippen LogP) is 0.823. The molecule has 2 fully saturated rings. The van der Waals surface area contributed by atoms with Crippen LogP contribution in [-0.2, 0) is 9.47 Å². The van der Waals surface area contributed by atoms with Crippen molar-refractivity contribution >= 4 is 0 Å². The van der Waals surface area contributed by atoms with Gasteiger partial charge in [-0.25, -0.2) is 0 Å². The molecule has 0 aromatic heterocycles. The summed E-state index contributed by atoms with van der Waals surface area (Å²) >= 11 is 0. The molecule has 0 amide bonds. The number of likely N-dealkylation sites (N-methyl/N-ethyl adjacent to an activating group) is 1. The molecule has 0 aromatic rings. The van der Waals surface area contributed by atoms with Gasteiger partial charge in [-0.1, -0.05) is 6.92 Å². The van der Waals surface area contributed by atoms with Crippen LogP contribution >= 0.6 is 0 Å². The number of rotatable bonds is 5. The molecule has 4 heteroatoms. The fourth-order valence-electron chi connectivity index (χ4n) is 2.49. The molecular formula is C12H24N2O2. The average molecular weight is 228 g/mol. The van der Waals surface area contributed by atoms with E-state index in [1.807, 2.05) is 0 Å². The number of hydrogen-bond acceptors (Lipinski definition) is 4. The van der Waals surface area contributed by atoms with E-state index in [9.17, 15) is 0 Å². The summed E-state index contributed by atoms with van der Waals surface area (Å²) in [7, 11) is 0. The van der Waals surface area contributed by atoms with Crippen LogP contribution in [0.2, 0.25) is 0 Å². The summed E-state index contributed by atoms with van der Waals surface area (Å²) in [5.74, 6) is 0. The van der Waals surface area contributed by atoms with Crippen molar-refractivity contribution in [3.8, 4) is 0 Å². The Balaban J connectivity index is 1.70. The zero-order valence-corrected chi connectivity index (χ0v) is 10.3. The van der Waals surface area contributed by atoms with E-state index in [-0.39, 0.29) is 0 Å². The second-order valence-electron chi connectivity index (χ2n) is 4.75. The molecule has 2 rings (SSSR count). The minimum absolute atomic E-state index is 0.370. The molecule has 2 aliphatic rings. The van der Waals surface area contributed by atoms with Gasteiger partial charge >= 0.3 is 0 Å². The minimum atomic E-state index is 0.370. The fourth-order valence-corrected chi connectivity index (χ4v) is 2.49. The van der Waals surface area contributed by atoms with E-state index in [0.717, 1.165) is 32.7 Å². The smallest absolute Gasteiger partial charge is 0.147 e. The summed E-state index contributed by atoms with van der Waals surface area (Å²) in [6, 6.07) is 0.694. The van der Waals surface area contributed by atoms with E-state index >= 15 is 0 Å². The van der Waals surface area contributed by atoms with Gasteiger partial charge in [-0.3, -0.25) is 4.90 Å². The highest BCUT2D eigenvalue weighted by Gasteiger charge is 2.21. The molecule has 0 spiro atoms. The van der Waals surface area contributed by atoms with Gasteiger partial charge in [0.1, 0.15) is 6.79 Å². The van der Waals surface area contributed by atoms with Crippen molar-refractivity contribution in [1.29, 1.82) is 0 Å². The maximum absolute atomic E-state index is 5.59. The highest BCUT2D eigenvalue weighted by atomic mass is 16.7. The third kappa shape index (κ3) is 3.70. The molecule has 0 bridgehead atoms.